The van der Waals surface area contributed by atoms with Gasteiger partial charge in [-0.2, -0.15) is 4.31 Å². The molecule has 0 heterocycles. The van der Waals surface area contributed by atoms with Crippen LogP contribution in [-0.4, -0.2) is 69.6 Å². The maximum absolute atomic E-state index is 13.8. The number of ether oxygens (including phenoxy) is 2. The number of nitrogen functional groups attached to an aromatic ring is 1. The first-order valence-electron chi connectivity index (χ1n) is 15.7. The third-order valence-electron chi connectivity index (χ3n) is 7.57. The standard InChI is InChI=1S/C35H46N4O7S/c1-25(2)23-39(47(43,44)31-20-18-29(36)19-21-31)30(24-46-26(3)40)17-11-12-22-37-34(41)33(38-35(42)45-4)32(27-13-7-5-8-14-27)28-15-9-6-10-16-28/h5-10,13-16,18-21,25,30,32-33H,11-12,17,22-24,36H2,1-4H3,(H,37,41)(H,38,42). The van der Waals surface area contributed by atoms with Gasteiger partial charge in [0.1, 0.15) is 12.6 Å². The van der Waals surface area contributed by atoms with Crippen LogP contribution < -0.4 is 16.4 Å². The van der Waals surface area contributed by atoms with Crippen LogP contribution in [0.1, 0.15) is 57.1 Å². The van der Waals surface area contributed by atoms with E-state index in [1.165, 1.54) is 42.6 Å². The molecule has 2 atom stereocenters. The Morgan fingerprint density at radius 2 is 1.45 bits per heavy atom. The number of methoxy groups -OCH3 is 1. The lowest BCUT2D eigenvalue weighted by atomic mass is 9.84. The van der Waals surface area contributed by atoms with E-state index >= 15 is 0 Å². The molecule has 254 valence electrons. The average molecular weight is 667 g/mol. The highest BCUT2D eigenvalue weighted by Crippen LogP contribution is 2.29. The van der Waals surface area contributed by atoms with Crippen molar-refractivity contribution in [2.75, 3.05) is 32.5 Å². The lowest BCUT2D eigenvalue weighted by Crippen LogP contribution is -2.50. The van der Waals surface area contributed by atoms with Gasteiger partial charge in [0.25, 0.3) is 0 Å². The fourth-order valence-corrected chi connectivity index (χ4v) is 7.12. The van der Waals surface area contributed by atoms with Crippen molar-refractivity contribution in [3.63, 3.8) is 0 Å². The molecule has 2 unspecified atom stereocenters. The van der Waals surface area contributed by atoms with Gasteiger partial charge in [-0.1, -0.05) is 74.5 Å². The zero-order valence-electron chi connectivity index (χ0n) is 27.4. The molecular weight excluding hydrogens is 620 g/mol. The van der Waals surface area contributed by atoms with Gasteiger partial charge in [-0.25, -0.2) is 13.2 Å². The Morgan fingerprint density at radius 1 is 0.872 bits per heavy atom. The van der Waals surface area contributed by atoms with Crippen molar-refractivity contribution < 1.29 is 32.3 Å². The lowest BCUT2D eigenvalue weighted by Gasteiger charge is -2.32. The van der Waals surface area contributed by atoms with Crippen LogP contribution in [0, 0.1) is 5.92 Å². The maximum Gasteiger partial charge on any atom is 0.407 e. The van der Waals surface area contributed by atoms with Gasteiger partial charge in [0.05, 0.1) is 18.0 Å². The molecule has 3 aromatic rings. The number of carbonyl (C=O) groups excluding carboxylic acids is 3. The number of sulfonamides is 1. The summed E-state index contributed by atoms with van der Waals surface area (Å²) in [5.74, 6) is -1.39. The van der Waals surface area contributed by atoms with Crippen LogP contribution >= 0.6 is 0 Å². The monoisotopic (exact) mass is 666 g/mol. The summed E-state index contributed by atoms with van der Waals surface area (Å²) in [6.45, 7) is 5.50. The Hall–Kier alpha value is -4.42. The van der Waals surface area contributed by atoms with Crippen molar-refractivity contribution in [2.24, 2.45) is 5.92 Å². The SMILES string of the molecule is COC(=O)NC(C(=O)NCCCCC(COC(C)=O)N(CC(C)C)S(=O)(=O)c1ccc(N)cc1)C(c1ccccc1)c1ccccc1. The Balaban J connectivity index is 1.76. The number of esters is 1. The molecule has 0 fully saturated rings. The fourth-order valence-electron chi connectivity index (χ4n) is 5.31. The van der Waals surface area contributed by atoms with Crippen molar-refractivity contribution in [1.82, 2.24) is 14.9 Å². The first kappa shape index (κ1) is 37.0. The summed E-state index contributed by atoms with van der Waals surface area (Å²) in [5, 5.41) is 5.66. The van der Waals surface area contributed by atoms with Crippen LogP contribution in [0.4, 0.5) is 10.5 Å². The number of amides is 2. The molecule has 0 aliphatic heterocycles. The highest BCUT2D eigenvalue weighted by molar-refractivity contribution is 7.89. The Kier molecular flexibility index (Phi) is 14.2. The average Bonchev–Trinajstić information content (AvgIpc) is 3.05. The number of rotatable bonds is 17. The third kappa shape index (κ3) is 11.1. The van der Waals surface area contributed by atoms with Crippen LogP contribution in [0.15, 0.2) is 89.8 Å². The quantitative estimate of drug-likeness (QED) is 0.106. The normalized spacial score (nSPS) is 12.8. The second-order valence-electron chi connectivity index (χ2n) is 11.7. The van der Waals surface area contributed by atoms with E-state index in [1.54, 1.807) is 0 Å². The predicted molar refractivity (Wildman–Crippen MR) is 181 cm³/mol. The number of unbranched alkanes of at least 4 members (excludes halogenated alkanes) is 1. The second-order valence-corrected chi connectivity index (χ2v) is 13.6. The minimum atomic E-state index is -3.94. The van der Waals surface area contributed by atoms with E-state index in [0.29, 0.717) is 24.9 Å². The van der Waals surface area contributed by atoms with Gasteiger partial charge in [0.2, 0.25) is 15.9 Å². The summed E-state index contributed by atoms with van der Waals surface area (Å²) < 4.78 is 39.1. The number of hydrogen-bond acceptors (Lipinski definition) is 8. The molecule has 3 aromatic carbocycles. The molecule has 11 nitrogen and oxygen atoms in total. The number of nitrogens with two attached hydrogens (primary N) is 1. The molecule has 0 spiro atoms. The fraction of sp³-hybridized carbons (Fsp3) is 0.400. The first-order chi connectivity index (χ1) is 22.4. The predicted octanol–water partition coefficient (Wildman–Crippen LogP) is 4.69. The summed E-state index contributed by atoms with van der Waals surface area (Å²) in [6, 6.07) is 23.3. The van der Waals surface area contributed by atoms with Gasteiger partial charge in [0.15, 0.2) is 0 Å². The lowest BCUT2D eigenvalue weighted by molar-refractivity contribution is -0.142. The van der Waals surface area contributed by atoms with Crippen molar-refractivity contribution in [3.05, 3.63) is 96.1 Å². The largest absolute Gasteiger partial charge is 0.464 e. The molecule has 0 saturated carbocycles. The van der Waals surface area contributed by atoms with E-state index in [2.05, 4.69) is 10.6 Å². The Labute approximate surface area is 277 Å². The Morgan fingerprint density at radius 3 is 1.96 bits per heavy atom. The number of hydrogen-bond donors (Lipinski definition) is 3. The van der Waals surface area contributed by atoms with Gasteiger partial charge < -0.3 is 25.8 Å². The highest BCUT2D eigenvalue weighted by Gasteiger charge is 2.34. The van der Waals surface area contributed by atoms with E-state index in [4.69, 9.17) is 15.2 Å². The molecule has 0 aliphatic rings. The van der Waals surface area contributed by atoms with Crippen molar-refractivity contribution in [1.29, 1.82) is 0 Å². The number of nitrogens with one attached hydrogen (secondary N) is 2. The van der Waals surface area contributed by atoms with Crippen LogP contribution in [-0.2, 0) is 29.1 Å². The summed E-state index contributed by atoms with van der Waals surface area (Å²) in [7, 11) is -2.70. The summed E-state index contributed by atoms with van der Waals surface area (Å²) in [6.07, 6.45) is 0.674. The number of benzene rings is 3. The zero-order chi connectivity index (χ0) is 34.4. The van der Waals surface area contributed by atoms with Crippen molar-refractivity contribution in [3.8, 4) is 0 Å². The van der Waals surface area contributed by atoms with Crippen LogP contribution in [0.5, 0.6) is 0 Å². The molecule has 0 aromatic heterocycles. The van der Waals surface area contributed by atoms with Crippen molar-refractivity contribution in [2.45, 2.75) is 62.9 Å². The van der Waals surface area contributed by atoms with Crippen molar-refractivity contribution >= 4 is 33.7 Å². The van der Waals surface area contributed by atoms with Gasteiger partial charge in [0, 0.05) is 31.6 Å². The molecule has 12 heteroatoms. The molecule has 0 radical (unpaired) electrons. The van der Waals surface area contributed by atoms with Crippen LogP contribution in [0.2, 0.25) is 0 Å². The molecule has 47 heavy (non-hydrogen) atoms. The van der Waals surface area contributed by atoms with E-state index in [0.717, 1.165) is 11.1 Å². The number of carbonyl (C=O) groups is 3. The molecule has 0 bridgehead atoms. The zero-order valence-corrected chi connectivity index (χ0v) is 28.2. The molecule has 0 aliphatic carbocycles. The molecule has 0 saturated heterocycles. The summed E-state index contributed by atoms with van der Waals surface area (Å²) in [4.78, 5) is 37.9. The number of alkyl carbamates (subject to hydrolysis) is 1. The number of nitrogens with zero attached hydrogens (tertiary/aromatic N) is 1. The first-order valence-corrected chi connectivity index (χ1v) is 17.1. The van der Waals surface area contributed by atoms with E-state index in [9.17, 15) is 22.8 Å². The van der Waals surface area contributed by atoms with Crippen LogP contribution in [0.25, 0.3) is 0 Å². The van der Waals surface area contributed by atoms with Gasteiger partial charge >= 0.3 is 12.1 Å². The van der Waals surface area contributed by atoms with E-state index in [-0.39, 0.29) is 30.5 Å². The minimum absolute atomic E-state index is 0.000841. The van der Waals surface area contributed by atoms with E-state index < -0.39 is 46.0 Å². The highest BCUT2D eigenvalue weighted by atomic mass is 32.2. The van der Waals surface area contributed by atoms with Gasteiger partial charge in [-0.3, -0.25) is 9.59 Å². The minimum Gasteiger partial charge on any atom is -0.464 e. The molecule has 2 amide bonds. The topological polar surface area (TPSA) is 157 Å². The van der Waals surface area contributed by atoms with Crippen LogP contribution in [0.3, 0.4) is 0 Å². The maximum atomic E-state index is 13.8. The molecule has 4 N–H and O–H groups in total. The number of anilines is 1. The third-order valence-corrected chi connectivity index (χ3v) is 9.51. The summed E-state index contributed by atoms with van der Waals surface area (Å²) >= 11 is 0. The van der Waals surface area contributed by atoms with Gasteiger partial charge in [-0.05, 0) is 60.6 Å². The second kappa shape index (κ2) is 18.1. The van der Waals surface area contributed by atoms with Gasteiger partial charge in [-0.15, -0.1) is 0 Å². The summed E-state index contributed by atoms with van der Waals surface area (Å²) in [5.41, 5.74) is 7.92. The van der Waals surface area contributed by atoms with E-state index in [1.807, 2.05) is 74.5 Å². The smallest absolute Gasteiger partial charge is 0.407 e. The molecule has 3 rings (SSSR count). The Bertz CT molecular complexity index is 1500. The molecular formula is C35H46N4O7S.